The number of carboxylic acids is 1. The van der Waals surface area contributed by atoms with Crippen molar-refractivity contribution in [3.05, 3.63) is 101 Å². The predicted molar refractivity (Wildman–Crippen MR) is 135 cm³/mol. The van der Waals surface area contributed by atoms with Crippen LogP contribution in [0.5, 0.6) is 11.5 Å². The van der Waals surface area contributed by atoms with Crippen molar-refractivity contribution in [2.24, 2.45) is 0 Å². The fourth-order valence-corrected chi connectivity index (χ4v) is 3.70. The van der Waals surface area contributed by atoms with Gasteiger partial charge in [0.15, 0.2) is 6.29 Å². The monoisotopic (exact) mass is 487 g/mol. The molecule has 1 aromatic heterocycles. The van der Waals surface area contributed by atoms with Crippen LogP contribution < -0.4 is 9.47 Å². The first-order valence-electron chi connectivity index (χ1n) is 11.9. The van der Waals surface area contributed by atoms with Crippen molar-refractivity contribution in [3.63, 3.8) is 0 Å². The summed E-state index contributed by atoms with van der Waals surface area (Å²) in [5, 5.41) is 9.39. The van der Waals surface area contributed by atoms with E-state index >= 15 is 0 Å². The zero-order valence-corrected chi connectivity index (χ0v) is 20.3. The molecule has 186 valence electrons. The van der Waals surface area contributed by atoms with Gasteiger partial charge >= 0.3 is 5.97 Å². The highest BCUT2D eigenvalue weighted by Gasteiger charge is 2.17. The number of aryl methyl sites for hydroxylation is 2. The van der Waals surface area contributed by atoms with Gasteiger partial charge in [-0.25, -0.2) is 9.78 Å². The summed E-state index contributed by atoms with van der Waals surface area (Å²) < 4.78 is 23.3. The maximum Gasteiger partial charge on any atom is 0.339 e. The van der Waals surface area contributed by atoms with Gasteiger partial charge in [-0.05, 0) is 62.2 Å². The van der Waals surface area contributed by atoms with Crippen molar-refractivity contribution < 1.29 is 28.5 Å². The molecule has 0 spiro atoms. The number of ether oxygens (including phenoxy) is 3. The number of oxazole rings is 1. The SMILES string of the molecule is CCOC(CCc1ccc(OCc2nc(-c3ccccc3)oc2C)cc1)Oc1ccccc1C(=O)O. The fraction of sp³-hybridized carbons (Fsp3) is 0.241. The summed E-state index contributed by atoms with van der Waals surface area (Å²) in [7, 11) is 0. The molecule has 0 aliphatic carbocycles. The van der Waals surface area contributed by atoms with Gasteiger partial charge in [0.05, 0.1) is 0 Å². The normalized spacial score (nSPS) is 11.7. The molecule has 0 saturated carbocycles. The molecule has 0 radical (unpaired) electrons. The van der Waals surface area contributed by atoms with Crippen molar-refractivity contribution in [2.45, 2.75) is 39.6 Å². The molecule has 7 heteroatoms. The number of para-hydroxylation sites is 1. The van der Waals surface area contributed by atoms with Crippen LogP contribution in [0.15, 0.2) is 83.3 Å². The number of hydrogen-bond donors (Lipinski definition) is 1. The number of benzene rings is 3. The number of rotatable bonds is 12. The molecular formula is C29H29NO6. The third-order valence-corrected chi connectivity index (χ3v) is 5.61. The van der Waals surface area contributed by atoms with E-state index in [9.17, 15) is 9.90 Å². The Balaban J connectivity index is 1.32. The van der Waals surface area contributed by atoms with Gasteiger partial charge in [0.25, 0.3) is 0 Å². The van der Waals surface area contributed by atoms with E-state index in [2.05, 4.69) is 4.98 Å². The second-order valence-electron chi connectivity index (χ2n) is 8.16. The zero-order chi connectivity index (χ0) is 25.3. The smallest absolute Gasteiger partial charge is 0.339 e. The van der Waals surface area contributed by atoms with E-state index in [4.69, 9.17) is 18.6 Å². The third kappa shape index (κ3) is 6.52. The first kappa shape index (κ1) is 25.0. The van der Waals surface area contributed by atoms with Gasteiger partial charge < -0.3 is 23.7 Å². The van der Waals surface area contributed by atoms with E-state index < -0.39 is 12.3 Å². The van der Waals surface area contributed by atoms with Crippen LogP contribution >= 0.6 is 0 Å². The Labute approximate surface area is 210 Å². The summed E-state index contributed by atoms with van der Waals surface area (Å²) in [6.07, 6.45) is 0.714. The number of nitrogens with zero attached hydrogens (tertiary/aromatic N) is 1. The van der Waals surface area contributed by atoms with E-state index in [0.29, 0.717) is 37.7 Å². The Morgan fingerprint density at radius 2 is 1.72 bits per heavy atom. The molecular weight excluding hydrogens is 458 g/mol. The minimum atomic E-state index is -1.03. The van der Waals surface area contributed by atoms with Crippen molar-refractivity contribution in [1.82, 2.24) is 4.98 Å². The van der Waals surface area contributed by atoms with Gasteiger partial charge in [0, 0.05) is 18.6 Å². The van der Waals surface area contributed by atoms with Gasteiger partial charge in [-0.15, -0.1) is 0 Å². The van der Waals surface area contributed by atoms with Crippen LogP contribution in [0.1, 0.15) is 40.7 Å². The van der Waals surface area contributed by atoms with E-state index in [1.807, 2.05) is 68.4 Å². The largest absolute Gasteiger partial charge is 0.487 e. The molecule has 4 rings (SSSR count). The molecule has 0 bridgehead atoms. The average molecular weight is 488 g/mol. The van der Waals surface area contributed by atoms with Gasteiger partial charge in [0.1, 0.15) is 35.1 Å². The predicted octanol–water partition coefficient (Wildman–Crippen LogP) is 6.30. The van der Waals surface area contributed by atoms with Crippen molar-refractivity contribution in [1.29, 1.82) is 0 Å². The molecule has 0 aliphatic rings. The standard InChI is InChI=1S/C29H29NO6/c1-3-33-27(36-26-12-8-7-11-24(26)29(31)32)18-15-21-13-16-23(17-14-21)34-19-25-20(2)35-28(30-25)22-9-5-4-6-10-22/h4-14,16-17,27H,3,15,18-19H2,1-2H3,(H,31,32). The highest BCUT2D eigenvalue weighted by molar-refractivity contribution is 5.90. The minimum Gasteiger partial charge on any atom is -0.487 e. The lowest BCUT2D eigenvalue weighted by Crippen LogP contribution is -2.22. The van der Waals surface area contributed by atoms with E-state index in [0.717, 1.165) is 28.3 Å². The highest BCUT2D eigenvalue weighted by atomic mass is 16.7. The van der Waals surface area contributed by atoms with E-state index in [1.54, 1.807) is 18.2 Å². The number of hydrogen-bond acceptors (Lipinski definition) is 6. The van der Waals surface area contributed by atoms with E-state index in [-0.39, 0.29) is 5.56 Å². The molecule has 1 unspecified atom stereocenters. The quantitative estimate of drug-likeness (QED) is 0.234. The fourth-order valence-electron chi connectivity index (χ4n) is 3.70. The van der Waals surface area contributed by atoms with Crippen LogP contribution in [0, 0.1) is 6.92 Å². The second kappa shape index (κ2) is 12.0. The lowest BCUT2D eigenvalue weighted by molar-refractivity contribution is -0.0796. The summed E-state index contributed by atoms with van der Waals surface area (Å²) in [4.78, 5) is 16.0. The average Bonchev–Trinajstić information content (AvgIpc) is 3.28. The van der Waals surface area contributed by atoms with Crippen LogP contribution in [0.3, 0.4) is 0 Å². The molecule has 36 heavy (non-hydrogen) atoms. The lowest BCUT2D eigenvalue weighted by Gasteiger charge is -2.20. The molecule has 1 heterocycles. The summed E-state index contributed by atoms with van der Waals surface area (Å²) in [6, 6.07) is 24.2. The molecule has 0 amide bonds. The Hall–Kier alpha value is -4.10. The Morgan fingerprint density at radius 1 is 1.00 bits per heavy atom. The minimum absolute atomic E-state index is 0.113. The molecule has 4 aromatic rings. The maximum absolute atomic E-state index is 11.5. The Kier molecular flexibility index (Phi) is 8.36. The van der Waals surface area contributed by atoms with Gasteiger partial charge in [-0.3, -0.25) is 0 Å². The second-order valence-corrected chi connectivity index (χ2v) is 8.16. The number of carboxylic acid groups (broad SMARTS) is 1. The first-order valence-corrected chi connectivity index (χ1v) is 11.9. The summed E-state index contributed by atoms with van der Waals surface area (Å²) >= 11 is 0. The first-order chi connectivity index (χ1) is 17.5. The van der Waals surface area contributed by atoms with Crippen LogP contribution in [-0.2, 0) is 17.8 Å². The van der Waals surface area contributed by atoms with Crippen molar-refractivity contribution >= 4 is 5.97 Å². The summed E-state index contributed by atoms with van der Waals surface area (Å²) in [6.45, 7) is 4.53. The molecule has 0 aliphatic heterocycles. The topological polar surface area (TPSA) is 91.0 Å². The van der Waals surface area contributed by atoms with Crippen LogP contribution in [0.2, 0.25) is 0 Å². The maximum atomic E-state index is 11.5. The molecule has 7 nitrogen and oxygen atoms in total. The van der Waals surface area contributed by atoms with Crippen LogP contribution in [0.4, 0.5) is 0 Å². The summed E-state index contributed by atoms with van der Waals surface area (Å²) in [5.74, 6) is 1.31. The van der Waals surface area contributed by atoms with Crippen LogP contribution in [-0.4, -0.2) is 29.0 Å². The number of carbonyl (C=O) groups is 1. The van der Waals surface area contributed by atoms with Crippen LogP contribution in [0.25, 0.3) is 11.5 Å². The lowest BCUT2D eigenvalue weighted by atomic mass is 10.1. The molecule has 0 saturated heterocycles. The Morgan fingerprint density at radius 3 is 2.44 bits per heavy atom. The Bertz CT molecular complexity index is 1270. The third-order valence-electron chi connectivity index (χ3n) is 5.61. The highest BCUT2D eigenvalue weighted by Crippen LogP contribution is 2.24. The van der Waals surface area contributed by atoms with Gasteiger partial charge in [-0.1, -0.05) is 42.5 Å². The zero-order valence-electron chi connectivity index (χ0n) is 20.3. The molecule has 1 atom stereocenters. The molecule has 3 aromatic carbocycles. The van der Waals surface area contributed by atoms with Gasteiger partial charge in [0.2, 0.25) is 5.89 Å². The molecule has 0 fully saturated rings. The van der Waals surface area contributed by atoms with Crippen molar-refractivity contribution in [3.8, 4) is 23.0 Å². The molecule has 1 N–H and O–H groups in total. The van der Waals surface area contributed by atoms with Crippen molar-refractivity contribution in [2.75, 3.05) is 6.61 Å². The number of aromatic nitrogens is 1. The van der Waals surface area contributed by atoms with Gasteiger partial charge in [-0.2, -0.15) is 0 Å². The number of aromatic carboxylic acids is 1. The van der Waals surface area contributed by atoms with E-state index in [1.165, 1.54) is 6.07 Å². The summed E-state index contributed by atoms with van der Waals surface area (Å²) in [5.41, 5.74) is 2.89.